The van der Waals surface area contributed by atoms with E-state index in [1.807, 2.05) is 23.1 Å². The number of hydrogen-bond donors (Lipinski definition) is 2. The van der Waals surface area contributed by atoms with Crippen molar-refractivity contribution in [3.8, 4) is 0 Å². The van der Waals surface area contributed by atoms with Crippen molar-refractivity contribution in [2.75, 3.05) is 37.6 Å². The quantitative estimate of drug-likeness (QED) is 0.640. The van der Waals surface area contributed by atoms with Crippen LogP contribution in [0.3, 0.4) is 0 Å². The maximum absolute atomic E-state index is 13.4. The summed E-state index contributed by atoms with van der Waals surface area (Å²) in [5, 5.41) is 12.9. The van der Waals surface area contributed by atoms with Gasteiger partial charge in [0.1, 0.15) is 0 Å². The second-order valence-corrected chi connectivity index (χ2v) is 10.1. The van der Waals surface area contributed by atoms with Crippen LogP contribution >= 0.6 is 0 Å². The van der Waals surface area contributed by atoms with Crippen LogP contribution in [0.25, 0.3) is 0 Å². The molecule has 1 saturated carbocycles. The molecule has 5 rings (SSSR count). The molecule has 2 heterocycles. The van der Waals surface area contributed by atoms with Crippen molar-refractivity contribution in [1.82, 2.24) is 15.1 Å². The number of fused-ring (bicyclic) bond motifs is 1. The van der Waals surface area contributed by atoms with Crippen LogP contribution in [-0.2, 0) is 24.2 Å². The Hall–Kier alpha value is -2.90. The van der Waals surface area contributed by atoms with Crippen molar-refractivity contribution in [2.45, 2.75) is 57.2 Å². The van der Waals surface area contributed by atoms with Gasteiger partial charge >= 0.3 is 12.0 Å². The fourth-order valence-electron chi connectivity index (χ4n) is 6.00. The molecule has 35 heavy (non-hydrogen) atoms. The zero-order valence-corrected chi connectivity index (χ0v) is 20.4. The normalized spacial score (nSPS) is 22.8. The first-order valence-corrected chi connectivity index (χ1v) is 13.0. The molecule has 2 amide bonds. The zero-order valence-electron chi connectivity index (χ0n) is 20.4. The van der Waals surface area contributed by atoms with E-state index in [1.54, 1.807) is 0 Å². The zero-order chi connectivity index (χ0) is 24.2. The third-order valence-corrected chi connectivity index (χ3v) is 7.88. The molecule has 1 saturated heterocycles. The summed E-state index contributed by atoms with van der Waals surface area (Å²) in [5.74, 6) is -0.787. The SMILES string of the molecule is O=C(O)CN(Cc1ccccc1)C1CCC(N2CCN(c3ccc4c(c3)CCNCC4)C2=O)CC1. The number of benzene rings is 2. The maximum Gasteiger partial charge on any atom is 0.324 e. The van der Waals surface area contributed by atoms with Crippen molar-refractivity contribution >= 4 is 17.7 Å². The number of aliphatic carboxylic acids is 1. The Bertz CT molecular complexity index is 1040. The lowest BCUT2D eigenvalue weighted by Crippen LogP contribution is -2.46. The van der Waals surface area contributed by atoms with Crippen LogP contribution in [0.2, 0.25) is 0 Å². The number of hydrogen-bond acceptors (Lipinski definition) is 4. The number of nitrogens with one attached hydrogen (secondary N) is 1. The van der Waals surface area contributed by atoms with Gasteiger partial charge in [-0.2, -0.15) is 0 Å². The lowest BCUT2D eigenvalue weighted by atomic mass is 9.89. The van der Waals surface area contributed by atoms with Gasteiger partial charge < -0.3 is 15.3 Å². The fraction of sp³-hybridized carbons (Fsp3) is 0.500. The van der Waals surface area contributed by atoms with E-state index in [-0.39, 0.29) is 24.7 Å². The van der Waals surface area contributed by atoms with Gasteiger partial charge in [0.15, 0.2) is 0 Å². The highest BCUT2D eigenvalue weighted by molar-refractivity contribution is 5.94. The van der Waals surface area contributed by atoms with Crippen molar-refractivity contribution < 1.29 is 14.7 Å². The smallest absolute Gasteiger partial charge is 0.324 e. The minimum Gasteiger partial charge on any atom is -0.480 e. The molecule has 3 aliphatic rings. The van der Waals surface area contributed by atoms with Crippen molar-refractivity contribution in [3.05, 3.63) is 65.2 Å². The van der Waals surface area contributed by atoms with E-state index in [0.717, 1.165) is 76.0 Å². The lowest BCUT2D eigenvalue weighted by molar-refractivity contribution is -0.139. The van der Waals surface area contributed by atoms with Gasteiger partial charge in [-0.15, -0.1) is 0 Å². The summed E-state index contributed by atoms with van der Waals surface area (Å²) in [4.78, 5) is 31.0. The van der Waals surface area contributed by atoms with Gasteiger partial charge in [-0.25, -0.2) is 4.79 Å². The third kappa shape index (κ3) is 5.52. The van der Waals surface area contributed by atoms with Gasteiger partial charge in [0.05, 0.1) is 6.54 Å². The molecule has 2 aliphatic heterocycles. The van der Waals surface area contributed by atoms with E-state index >= 15 is 0 Å². The van der Waals surface area contributed by atoms with Crippen LogP contribution in [-0.4, -0.2) is 71.7 Å². The summed E-state index contributed by atoms with van der Waals surface area (Å²) in [6, 6.07) is 17.2. The van der Waals surface area contributed by atoms with Crippen LogP contribution in [0.4, 0.5) is 10.5 Å². The molecule has 0 unspecified atom stereocenters. The molecule has 0 spiro atoms. The number of carbonyl (C=O) groups excluding carboxylic acids is 1. The predicted octanol–water partition coefficient (Wildman–Crippen LogP) is 3.51. The van der Waals surface area contributed by atoms with E-state index in [2.05, 4.69) is 45.4 Å². The van der Waals surface area contributed by atoms with E-state index < -0.39 is 5.97 Å². The highest BCUT2D eigenvalue weighted by atomic mass is 16.4. The van der Waals surface area contributed by atoms with Gasteiger partial charge in [0, 0.05) is 37.4 Å². The van der Waals surface area contributed by atoms with Crippen LogP contribution < -0.4 is 10.2 Å². The molecule has 0 aromatic heterocycles. The molecular weight excluding hydrogens is 440 g/mol. The molecule has 2 N–H and O–H groups in total. The average Bonchev–Trinajstić information content (AvgIpc) is 3.09. The first kappa shape index (κ1) is 23.8. The first-order chi connectivity index (χ1) is 17.1. The van der Waals surface area contributed by atoms with Crippen LogP contribution in [0.15, 0.2) is 48.5 Å². The Labute approximate surface area is 207 Å². The molecule has 2 fully saturated rings. The number of carboxylic acids is 1. The predicted molar refractivity (Wildman–Crippen MR) is 137 cm³/mol. The van der Waals surface area contributed by atoms with Gasteiger partial charge in [0.25, 0.3) is 0 Å². The number of carboxylic acid groups (broad SMARTS) is 1. The average molecular weight is 477 g/mol. The number of amides is 2. The standard InChI is InChI=1S/C28H36N4O3/c33-27(34)20-30(19-21-4-2-1-3-5-21)24-8-10-25(11-9-24)31-16-17-32(28(31)35)26-7-6-22-12-14-29-15-13-23(22)18-26/h1-7,18,24-25,29H,8-17,19-20H2,(H,33,34). The van der Waals surface area contributed by atoms with Gasteiger partial charge in [-0.05, 0) is 80.4 Å². The highest BCUT2D eigenvalue weighted by Gasteiger charge is 2.37. The molecular formula is C28H36N4O3. The van der Waals surface area contributed by atoms with Crippen molar-refractivity contribution in [3.63, 3.8) is 0 Å². The van der Waals surface area contributed by atoms with Gasteiger partial charge in [-0.1, -0.05) is 36.4 Å². The summed E-state index contributed by atoms with van der Waals surface area (Å²) in [6.45, 7) is 4.19. The summed E-state index contributed by atoms with van der Waals surface area (Å²) in [7, 11) is 0. The van der Waals surface area contributed by atoms with Crippen LogP contribution in [0.1, 0.15) is 42.4 Å². The van der Waals surface area contributed by atoms with E-state index in [0.29, 0.717) is 6.54 Å². The molecule has 7 nitrogen and oxygen atoms in total. The van der Waals surface area contributed by atoms with Crippen molar-refractivity contribution in [1.29, 1.82) is 0 Å². The first-order valence-electron chi connectivity index (χ1n) is 13.0. The van der Waals surface area contributed by atoms with E-state index in [1.165, 1.54) is 11.1 Å². The molecule has 0 atom stereocenters. The highest BCUT2D eigenvalue weighted by Crippen LogP contribution is 2.32. The van der Waals surface area contributed by atoms with Gasteiger partial charge in [-0.3, -0.25) is 14.6 Å². The number of rotatable bonds is 7. The van der Waals surface area contributed by atoms with E-state index in [4.69, 9.17) is 0 Å². The van der Waals surface area contributed by atoms with Crippen LogP contribution in [0, 0.1) is 0 Å². The summed E-state index contributed by atoms with van der Waals surface area (Å²) < 4.78 is 0. The number of anilines is 1. The number of urea groups is 1. The molecule has 2 aromatic rings. The van der Waals surface area contributed by atoms with Gasteiger partial charge in [0.2, 0.25) is 0 Å². The summed E-state index contributed by atoms with van der Waals surface area (Å²) >= 11 is 0. The molecule has 186 valence electrons. The monoisotopic (exact) mass is 476 g/mol. The Morgan fingerprint density at radius 1 is 0.971 bits per heavy atom. The third-order valence-electron chi connectivity index (χ3n) is 7.88. The Morgan fingerprint density at radius 2 is 1.71 bits per heavy atom. The lowest BCUT2D eigenvalue weighted by Gasteiger charge is -2.39. The van der Waals surface area contributed by atoms with Crippen LogP contribution in [0.5, 0.6) is 0 Å². The molecule has 2 aromatic carbocycles. The summed E-state index contributed by atoms with van der Waals surface area (Å²) in [6.07, 6.45) is 5.73. The Balaban J connectivity index is 1.20. The van der Waals surface area contributed by atoms with Crippen molar-refractivity contribution in [2.24, 2.45) is 0 Å². The minimum absolute atomic E-state index is 0.0501. The molecule has 1 aliphatic carbocycles. The van der Waals surface area contributed by atoms with E-state index in [9.17, 15) is 14.7 Å². The maximum atomic E-state index is 13.4. The molecule has 7 heteroatoms. The largest absolute Gasteiger partial charge is 0.480 e. The molecule has 0 radical (unpaired) electrons. The Morgan fingerprint density at radius 3 is 2.46 bits per heavy atom. The second kappa shape index (κ2) is 10.8. The summed E-state index contributed by atoms with van der Waals surface area (Å²) in [5.41, 5.74) is 4.90. The number of carbonyl (C=O) groups is 2. The second-order valence-electron chi connectivity index (χ2n) is 10.1. The molecule has 0 bridgehead atoms. The number of nitrogens with zero attached hydrogens (tertiary/aromatic N) is 3. The Kier molecular flexibility index (Phi) is 7.35. The topological polar surface area (TPSA) is 76.1 Å². The minimum atomic E-state index is -0.787. The fourth-order valence-corrected chi connectivity index (χ4v) is 6.00.